The second-order valence-electron chi connectivity index (χ2n) is 6.42. The SMILES string of the molecule is O=C(NNC(=O)N1CCOCC1)[C@H]1C[C@H]1C1CCCCC1. The van der Waals surface area contributed by atoms with E-state index < -0.39 is 0 Å². The summed E-state index contributed by atoms with van der Waals surface area (Å²) in [6.07, 6.45) is 7.50. The lowest BCUT2D eigenvalue weighted by atomic mass is 9.85. The van der Waals surface area contributed by atoms with Crippen LogP contribution in [0.5, 0.6) is 0 Å². The zero-order valence-corrected chi connectivity index (χ0v) is 12.5. The van der Waals surface area contributed by atoms with Crippen LogP contribution in [0.15, 0.2) is 0 Å². The van der Waals surface area contributed by atoms with Gasteiger partial charge in [0.25, 0.3) is 0 Å². The Kier molecular flexibility index (Phi) is 4.63. The highest BCUT2D eigenvalue weighted by Gasteiger charge is 2.47. The highest BCUT2D eigenvalue weighted by atomic mass is 16.5. The third kappa shape index (κ3) is 3.67. The summed E-state index contributed by atoms with van der Waals surface area (Å²) in [5.74, 6) is 1.36. The first kappa shape index (κ1) is 14.6. The number of amides is 3. The Balaban J connectivity index is 1.37. The molecule has 0 unspecified atom stereocenters. The molecule has 0 bridgehead atoms. The van der Waals surface area contributed by atoms with Crippen LogP contribution in [-0.2, 0) is 9.53 Å². The largest absolute Gasteiger partial charge is 0.378 e. The number of nitrogens with one attached hydrogen (secondary N) is 2. The van der Waals surface area contributed by atoms with Crippen LogP contribution in [-0.4, -0.2) is 43.1 Å². The Morgan fingerprint density at radius 1 is 1.00 bits per heavy atom. The van der Waals surface area contributed by atoms with Crippen LogP contribution >= 0.6 is 0 Å². The number of carbonyl (C=O) groups excluding carboxylic acids is 2. The predicted octanol–water partition coefficient (Wildman–Crippen LogP) is 1.28. The van der Waals surface area contributed by atoms with Gasteiger partial charge in [0.2, 0.25) is 5.91 Å². The van der Waals surface area contributed by atoms with Crippen molar-refractivity contribution in [2.75, 3.05) is 26.3 Å². The molecule has 6 nitrogen and oxygen atoms in total. The normalized spacial score (nSPS) is 29.8. The smallest absolute Gasteiger partial charge is 0.336 e. The van der Waals surface area contributed by atoms with E-state index >= 15 is 0 Å². The van der Waals surface area contributed by atoms with Crippen molar-refractivity contribution in [3.63, 3.8) is 0 Å². The first-order valence-electron chi connectivity index (χ1n) is 8.18. The molecule has 3 amide bonds. The maximum atomic E-state index is 12.1. The van der Waals surface area contributed by atoms with Gasteiger partial charge in [0.1, 0.15) is 0 Å². The summed E-state index contributed by atoms with van der Waals surface area (Å²) in [4.78, 5) is 25.6. The zero-order chi connectivity index (χ0) is 14.7. The van der Waals surface area contributed by atoms with E-state index in [0.717, 1.165) is 12.3 Å². The van der Waals surface area contributed by atoms with Gasteiger partial charge >= 0.3 is 6.03 Å². The minimum atomic E-state index is -0.235. The first-order valence-corrected chi connectivity index (χ1v) is 8.18. The summed E-state index contributed by atoms with van der Waals surface area (Å²) < 4.78 is 5.20. The summed E-state index contributed by atoms with van der Waals surface area (Å²) >= 11 is 0. The number of rotatable bonds is 2. The van der Waals surface area contributed by atoms with Crippen LogP contribution < -0.4 is 10.9 Å². The molecule has 0 spiro atoms. The summed E-state index contributed by atoms with van der Waals surface area (Å²) in [5, 5.41) is 0. The molecule has 0 aromatic rings. The highest BCUT2D eigenvalue weighted by molar-refractivity contribution is 5.84. The minimum absolute atomic E-state index is 0.0211. The molecule has 3 aliphatic rings. The maximum absolute atomic E-state index is 12.1. The molecule has 0 aromatic heterocycles. The molecule has 1 aliphatic heterocycles. The number of urea groups is 1. The van der Waals surface area contributed by atoms with E-state index in [1.54, 1.807) is 4.90 Å². The van der Waals surface area contributed by atoms with Crippen LogP contribution in [0.3, 0.4) is 0 Å². The van der Waals surface area contributed by atoms with E-state index in [1.807, 2.05) is 0 Å². The van der Waals surface area contributed by atoms with Gasteiger partial charge in [-0.15, -0.1) is 0 Å². The maximum Gasteiger partial charge on any atom is 0.336 e. The zero-order valence-electron chi connectivity index (χ0n) is 12.5. The number of hydrogen-bond donors (Lipinski definition) is 2. The van der Waals surface area contributed by atoms with Crippen LogP contribution in [0.2, 0.25) is 0 Å². The van der Waals surface area contributed by atoms with E-state index in [1.165, 1.54) is 32.1 Å². The van der Waals surface area contributed by atoms with Crippen LogP contribution in [0.25, 0.3) is 0 Å². The fraction of sp³-hybridized carbons (Fsp3) is 0.867. The quantitative estimate of drug-likeness (QED) is 0.754. The van der Waals surface area contributed by atoms with Crippen molar-refractivity contribution in [3.8, 4) is 0 Å². The Bertz CT molecular complexity index is 390. The van der Waals surface area contributed by atoms with Gasteiger partial charge in [0.05, 0.1) is 13.2 Å². The predicted molar refractivity (Wildman–Crippen MR) is 77.2 cm³/mol. The fourth-order valence-electron chi connectivity index (χ4n) is 3.65. The monoisotopic (exact) mass is 295 g/mol. The van der Waals surface area contributed by atoms with E-state index in [-0.39, 0.29) is 17.9 Å². The molecule has 2 aliphatic carbocycles. The van der Waals surface area contributed by atoms with Crippen molar-refractivity contribution in [2.45, 2.75) is 38.5 Å². The second kappa shape index (κ2) is 6.64. The second-order valence-corrected chi connectivity index (χ2v) is 6.42. The number of nitrogens with zero attached hydrogens (tertiary/aromatic N) is 1. The van der Waals surface area contributed by atoms with Crippen molar-refractivity contribution in [1.82, 2.24) is 15.8 Å². The fourth-order valence-corrected chi connectivity index (χ4v) is 3.65. The summed E-state index contributed by atoms with van der Waals surface area (Å²) in [7, 11) is 0. The minimum Gasteiger partial charge on any atom is -0.378 e. The van der Waals surface area contributed by atoms with Gasteiger partial charge in [-0.2, -0.15) is 0 Å². The lowest BCUT2D eigenvalue weighted by molar-refractivity contribution is -0.123. The van der Waals surface area contributed by atoms with Crippen LogP contribution in [0, 0.1) is 17.8 Å². The van der Waals surface area contributed by atoms with Crippen LogP contribution in [0.1, 0.15) is 38.5 Å². The van der Waals surface area contributed by atoms with Gasteiger partial charge in [0.15, 0.2) is 0 Å². The van der Waals surface area contributed by atoms with E-state index in [0.29, 0.717) is 32.2 Å². The van der Waals surface area contributed by atoms with Gasteiger partial charge in [-0.3, -0.25) is 10.2 Å². The molecule has 118 valence electrons. The summed E-state index contributed by atoms with van der Waals surface area (Å²) in [5.41, 5.74) is 5.12. The Morgan fingerprint density at radius 2 is 1.71 bits per heavy atom. The molecule has 1 saturated heterocycles. The van der Waals surface area contributed by atoms with Crippen molar-refractivity contribution < 1.29 is 14.3 Å². The third-order valence-electron chi connectivity index (χ3n) is 5.02. The average Bonchev–Trinajstić information content (AvgIpc) is 3.35. The number of morpholine rings is 1. The summed E-state index contributed by atoms with van der Waals surface area (Å²) in [6, 6.07) is -0.235. The molecular weight excluding hydrogens is 270 g/mol. The number of hydrogen-bond acceptors (Lipinski definition) is 3. The molecule has 3 fully saturated rings. The van der Waals surface area contributed by atoms with Gasteiger partial charge < -0.3 is 9.64 Å². The molecule has 1 heterocycles. The van der Waals surface area contributed by atoms with Gasteiger partial charge in [-0.05, 0) is 18.3 Å². The van der Waals surface area contributed by atoms with Gasteiger partial charge in [-0.1, -0.05) is 32.1 Å². The molecule has 3 rings (SSSR count). The van der Waals surface area contributed by atoms with Crippen molar-refractivity contribution in [2.24, 2.45) is 17.8 Å². The highest BCUT2D eigenvalue weighted by Crippen LogP contribution is 2.49. The number of ether oxygens (including phenoxy) is 1. The van der Waals surface area contributed by atoms with E-state index in [9.17, 15) is 9.59 Å². The van der Waals surface area contributed by atoms with E-state index in [4.69, 9.17) is 4.74 Å². The Labute approximate surface area is 125 Å². The molecule has 21 heavy (non-hydrogen) atoms. The number of carbonyl (C=O) groups is 2. The molecule has 2 atom stereocenters. The molecular formula is C15H25N3O3. The average molecular weight is 295 g/mol. The van der Waals surface area contributed by atoms with E-state index in [2.05, 4.69) is 10.9 Å². The topological polar surface area (TPSA) is 70.7 Å². The third-order valence-corrected chi connectivity index (χ3v) is 5.02. The molecule has 0 radical (unpaired) electrons. The Morgan fingerprint density at radius 3 is 2.43 bits per heavy atom. The lowest BCUT2D eigenvalue weighted by Crippen LogP contribution is -2.52. The first-order chi connectivity index (χ1) is 10.3. The molecule has 2 N–H and O–H groups in total. The Hall–Kier alpha value is -1.30. The van der Waals surface area contributed by atoms with Gasteiger partial charge in [-0.25, -0.2) is 10.2 Å². The van der Waals surface area contributed by atoms with Crippen LogP contribution in [0.4, 0.5) is 4.79 Å². The summed E-state index contributed by atoms with van der Waals surface area (Å²) in [6.45, 7) is 2.28. The van der Waals surface area contributed by atoms with Crippen molar-refractivity contribution in [3.05, 3.63) is 0 Å². The van der Waals surface area contributed by atoms with Crippen molar-refractivity contribution in [1.29, 1.82) is 0 Å². The molecule has 0 aromatic carbocycles. The van der Waals surface area contributed by atoms with Gasteiger partial charge in [0, 0.05) is 19.0 Å². The number of hydrazine groups is 1. The molecule has 2 saturated carbocycles. The molecule has 6 heteroatoms. The standard InChI is InChI=1S/C15H25N3O3/c19-14(13-10-12(13)11-4-2-1-3-5-11)16-17-15(20)18-6-8-21-9-7-18/h11-13H,1-10H2,(H,16,19)(H,17,20)/t12-,13-/m0/s1. The lowest BCUT2D eigenvalue weighted by Gasteiger charge is -2.27. The van der Waals surface area contributed by atoms with Crippen molar-refractivity contribution >= 4 is 11.9 Å².